The summed E-state index contributed by atoms with van der Waals surface area (Å²) in [6, 6.07) is -1.12. The van der Waals surface area contributed by atoms with E-state index in [9.17, 15) is 13.8 Å². The van der Waals surface area contributed by atoms with Gasteiger partial charge in [0, 0.05) is 30.6 Å². The SMILES string of the molecule is COCCOCCS(=O)CC(NC(C)=O)C(=O)O. The van der Waals surface area contributed by atoms with E-state index >= 15 is 0 Å². The summed E-state index contributed by atoms with van der Waals surface area (Å²) in [7, 11) is 0.194. The van der Waals surface area contributed by atoms with Gasteiger partial charge in [-0.1, -0.05) is 0 Å². The predicted molar refractivity (Wildman–Crippen MR) is 65.8 cm³/mol. The maximum Gasteiger partial charge on any atom is 0.327 e. The highest BCUT2D eigenvalue weighted by atomic mass is 32.2. The van der Waals surface area contributed by atoms with Crippen molar-refractivity contribution < 1.29 is 28.4 Å². The summed E-state index contributed by atoms with van der Waals surface area (Å²) in [5.41, 5.74) is 0. The van der Waals surface area contributed by atoms with Crippen LogP contribution in [0.15, 0.2) is 0 Å². The summed E-state index contributed by atoms with van der Waals surface area (Å²) in [5, 5.41) is 11.0. The molecule has 0 heterocycles. The summed E-state index contributed by atoms with van der Waals surface area (Å²) in [5.74, 6) is -1.55. The number of ether oxygens (including phenoxy) is 2. The van der Waals surface area contributed by atoms with E-state index in [0.717, 1.165) is 0 Å². The topological polar surface area (TPSA) is 102 Å². The molecule has 0 aromatic heterocycles. The van der Waals surface area contributed by atoms with Gasteiger partial charge in [-0.15, -0.1) is 0 Å². The number of methoxy groups -OCH3 is 1. The summed E-state index contributed by atoms with van der Waals surface area (Å²) >= 11 is 0. The van der Waals surface area contributed by atoms with Gasteiger partial charge < -0.3 is 19.9 Å². The van der Waals surface area contributed by atoms with Gasteiger partial charge in [-0.2, -0.15) is 0 Å². The molecule has 2 N–H and O–H groups in total. The van der Waals surface area contributed by atoms with Gasteiger partial charge in [-0.05, 0) is 0 Å². The lowest BCUT2D eigenvalue weighted by Gasteiger charge is -2.12. The van der Waals surface area contributed by atoms with Crippen LogP contribution in [0.1, 0.15) is 6.92 Å². The molecule has 18 heavy (non-hydrogen) atoms. The Bertz CT molecular complexity index is 296. The highest BCUT2D eigenvalue weighted by molar-refractivity contribution is 7.85. The number of carboxylic acid groups (broad SMARTS) is 1. The zero-order valence-electron chi connectivity index (χ0n) is 10.5. The fourth-order valence-electron chi connectivity index (χ4n) is 1.09. The third-order valence-electron chi connectivity index (χ3n) is 1.92. The molecule has 0 saturated carbocycles. The number of aliphatic carboxylic acids is 1. The van der Waals surface area contributed by atoms with E-state index < -0.39 is 28.7 Å². The maximum atomic E-state index is 11.6. The van der Waals surface area contributed by atoms with Crippen LogP contribution in [0, 0.1) is 0 Å². The van der Waals surface area contributed by atoms with Crippen molar-refractivity contribution in [1.29, 1.82) is 0 Å². The lowest BCUT2D eigenvalue weighted by Crippen LogP contribution is -2.43. The second-order valence-electron chi connectivity index (χ2n) is 3.51. The van der Waals surface area contributed by atoms with Crippen molar-refractivity contribution in [3.63, 3.8) is 0 Å². The number of amides is 1. The van der Waals surface area contributed by atoms with E-state index in [1.54, 1.807) is 7.11 Å². The minimum absolute atomic E-state index is 0.122. The Kier molecular flexibility index (Phi) is 9.43. The fraction of sp³-hybridized carbons (Fsp3) is 0.800. The minimum atomic E-state index is -1.35. The number of carbonyl (C=O) groups is 2. The van der Waals surface area contributed by atoms with Gasteiger partial charge in [-0.3, -0.25) is 9.00 Å². The molecule has 0 spiro atoms. The van der Waals surface area contributed by atoms with Crippen molar-refractivity contribution in [2.75, 3.05) is 38.4 Å². The van der Waals surface area contributed by atoms with E-state index in [4.69, 9.17) is 14.6 Å². The average Bonchev–Trinajstić information content (AvgIpc) is 2.27. The zero-order chi connectivity index (χ0) is 14.0. The number of hydrogen-bond donors (Lipinski definition) is 2. The van der Waals surface area contributed by atoms with Crippen LogP contribution in [0.2, 0.25) is 0 Å². The lowest BCUT2D eigenvalue weighted by atomic mass is 10.3. The van der Waals surface area contributed by atoms with Crippen LogP contribution in [-0.4, -0.2) is 65.7 Å². The molecular weight excluding hydrogens is 262 g/mol. The van der Waals surface area contributed by atoms with E-state index in [2.05, 4.69) is 5.32 Å². The monoisotopic (exact) mass is 281 g/mol. The molecule has 8 heteroatoms. The van der Waals surface area contributed by atoms with E-state index in [1.807, 2.05) is 0 Å². The standard InChI is InChI=1S/C10H19NO6S/c1-8(12)11-9(10(13)14)7-18(15)6-5-17-4-3-16-2/h9H,3-7H2,1-2H3,(H,11,12)(H,13,14). The predicted octanol–water partition coefficient (Wildman–Crippen LogP) is -1.01. The molecule has 0 radical (unpaired) electrons. The van der Waals surface area contributed by atoms with Crippen LogP contribution in [0.25, 0.3) is 0 Å². The molecule has 0 aliphatic heterocycles. The van der Waals surface area contributed by atoms with E-state index in [0.29, 0.717) is 13.2 Å². The molecule has 1 amide bonds. The molecule has 0 aromatic carbocycles. The molecule has 0 saturated heterocycles. The molecule has 2 atom stereocenters. The highest BCUT2D eigenvalue weighted by Crippen LogP contribution is 1.92. The van der Waals surface area contributed by atoms with Gasteiger partial charge in [0.25, 0.3) is 0 Å². The Hall–Kier alpha value is -0.990. The molecule has 7 nitrogen and oxygen atoms in total. The lowest BCUT2D eigenvalue weighted by molar-refractivity contribution is -0.140. The Morgan fingerprint density at radius 1 is 1.33 bits per heavy atom. The summed E-state index contributed by atoms with van der Waals surface area (Å²) in [6.45, 7) is 2.34. The second-order valence-corrected chi connectivity index (χ2v) is 5.13. The summed E-state index contributed by atoms with van der Waals surface area (Å²) < 4.78 is 21.4. The molecular formula is C10H19NO6S. The van der Waals surface area contributed by atoms with Gasteiger partial charge in [0.2, 0.25) is 5.91 Å². The van der Waals surface area contributed by atoms with Gasteiger partial charge in [-0.25, -0.2) is 4.79 Å². The summed E-state index contributed by atoms with van der Waals surface area (Å²) in [4.78, 5) is 21.5. The Balaban J connectivity index is 3.88. The Morgan fingerprint density at radius 2 is 2.00 bits per heavy atom. The van der Waals surface area contributed by atoms with Crippen molar-refractivity contribution in [2.24, 2.45) is 0 Å². The van der Waals surface area contributed by atoms with Crippen molar-refractivity contribution in [3.8, 4) is 0 Å². The number of carbonyl (C=O) groups excluding carboxylic acids is 1. The Morgan fingerprint density at radius 3 is 2.50 bits per heavy atom. The van der Waals surface area contributed by atoms with Crippen molar-refractivity contribution in [3.05, 3.63) is 0 Å². The molecule has 0 fully saturated rings. The van der Waals surface area contributed by atoms with Crippen LogP contribution in [-0.2, 0) is 29.9 Å². The first-order valence-electron chi connectivity index (χ1n) is 5.39. The van der Waals surface area contributed by atoms with Gasteiger partial charge in [0.15, 0.2) is 0 Å². The minimum Gasteiger partial charge on any atom is -0.480 e. The van der Waals surface area contributed by atoms with E-state index in [1.165, 1.54) is 6.92 Å². The molecule has 0 aromatic rings. The van der Waals surface area contributed by atoms with Crippen molar-refractivity contribution >= 4 is 22.7 Å². The third-order valence-corrected chi connectivity index (χ3v) is 3.24. The maximum absolute atomic E-state index is 11.6. The Labute approximate surface area is 108 Å². The highest BCUT2D eigenvalue weighted by Gasteiger charge is 2.20. The molecule has 2 unspecified atom stereocenters. The molecule has 0 aliphatic rings. The van der Waals surface area contributed by atoms with Crippen molar-refractivity contribution in [2.45, 2.75) is 13.0 Å². The van der Waals surface area contributed by atoms with Gasteiger partial charge in [0.05, 0.1) is 25.6 Å². The number of rotatable bonds is 10. The fourth-order valence-corrected chi connectivity index (χ4v) is 2.15. The number of nitrogens with one attached hydrogen (secondary N) is 1. The smallest absolute Gasteiger partial charge is 0.327 e. The van der Waals surface area contributed by atoms with E-state index in [-0.39, 0.29) is 18.1 Å². The molecule has 0 bridgehead atoms. The molecule has 0 rings (SSSR count). The summed E-state index contributed by atoms with van der Waals surface area (Å²) in [6.07, 6.45) is 0. The number of hydrogen-bond acceptors (Lipinski definition) is 5. The van der Waals surface area contributed by atoms with Crippen LogP contribution in [0.4, 0.5) is 0 Å². The van der Waals surface area contributed by atoms with Crippen LogP contribution in [0.3, 0.4) is 0 Å². The normalized spacial score (nSPS) is 13.9. The average molecular weight is 281 g/mol. The van der Waals surface area contributed by atoms with Gasteiger partial charge >= 0.3 is 5.97 Å². The van der Waals surface area contributed by atoms with Crippen LogP contribution in [0.5, 0.6) is 0 Å². The third kappa shape index (κ3) is 9.08. The first-order chi connectivity index (χ1) is 8.47. The van der Waals surface area contributed by atoms with Crippen molar-refractivity contribution in [1.82, 2.24) is 5.32 Å². The second kappa shape index (κ2) is 9.98. The van der Waals surface area contributed by atoms with Crippen LogP contribution >= 0.6 is 0 Å². The molecule has 0 aliphatic carbocycles. The zero-order valence-corrected chi connectivity index (χ0v) is 11.3. The first kappa shape index (κ1) is 17.0. The molecule has 106 valence electrons. The number of carboxylic acids is 1. The first-order valence-corrected chi connectivity index (χ1v) is 6.87. The largest absolute Gasteiger partial charge is 0.480 e. The quantitative estimate of drug-likeness (QED) is 0.497. The van der Waals surface area contributed by atoms with Crippen LogP contribution < -0.4 is 5.32 Å². The van der Waals surface area contributed by atoms with Gasteiger partial charge in [0.1, 0.15) is 6.04 Å².